The summed E-state index contributed by atoms with van der Waals surface area (Å²) in [4.78, 5) is 36.2. The zero-order valence-electron chi connectivity index (χ0n) is 17.3. The molecule has 0 radical (unpaired) electrons. The van der Waals surface area contributed by atoms with E-state index in [1.807, 2.05) is 13.8 Å². The van der Waals surface area contributed by atoms with Crippen LogP contribution < -0.4 is 21.3 Å². The molecule has 0 aliphatic carbocycles. The standard InChI is InChI=1S/C23H24N4O4/c1-15(2)22(29)26-19-9-4-7-17(13-19)25-21(28)14-24-16-6-3-8-18(12-16)27-23(30)20-10-5-11-31-20/h3-13,15,24H,14H2,1-2H3,(H,25,28)(H,26,29)(H,27,30). The van der Waals surface area contributed by atoms with Crippen molar-refractivity contribution in [3.05, 3.63) is 72.7 Å². The Hall–Kier alpha value is -4.07. The van der Waals surface area contributed by atoms with Crippen molar-refractivity contribution in [3.8, 4) is 0 Å². The van der Waals surface area contributed by atoms with Crippen LogP contribution in [0.2, 0.25) is 0 Å². The van der Waals surface area contributed by atoms with Crippen molar-refractivity contribution in [2.24, 2.45) is 5.92 Å². The molecule has 0 saturated heterocycles. The number of carbonyl (C=O) groups excluding carboxylic acids is 3. The SMILES string of the molecule is CC(C)C(=O)Nc1cccc(NC(=O)CNc2cccc(NC(=O)c3ccco3)c2)c1. The van der Waals surface area contributed by atoms with Gasteiger partial charge in [-0.05, 0) is 48.5 Å². The lowest BCUT2D eigenvalue weighted by Crippen LogP contribution is -2.22. The van der Waals surface area contributed by atoms with Crippen LogP contribution in [0.15, 0.2) is 71.3 Å². The Morgan fingerprint density at radius 3 is 2.06 bits per heavy atom. The highest BCUT2D eigenvalue weighted by Gasteiger charge is 2.10. The van der Waals surface area contributed by atoms with Gasteiger partial charge in [-0.2, -0.15) is 0 Å². The molecule has 0 aliphatic heterocycles. The van der Waals surface area contributed by atoms with Gasteiger partial charge < -0.3 is 25.7 Å². The fraction of sp³-hybridized carbons (Fsp3) is 0.174. The quantitative estimate of drug-likeness (QED) is 0.437. The van der Waals surface area contributed by atoms with Gasteiger partial charge in [-0.15, -0.1) is 0 Å². The third-order valence-electron chi connectivity index (χ3n) is 4.26. The number of furan rings is 1. The van der Waals surface area contributed by atoms with E-state index in [1.165, 1.54) is 6.26 Å². The average molecular weight is 420 g/mol. The van der Waals surface area contributed by atoms with E-state index >= 15 is 0 Å². The maximum absolute atomic E-state index is 12.3. The summed E-state index contributed by atoms with van der Waals surface area (Å²) in [5.74, 6) is -0.627. The zero-order chi connectivity index (χ0) is 22.2. The first kappa shape index (κ1) is 21.6. The van der Waals surface area contributed by atoms with Crippen LogP contribution in [-0.2, 0) is 9.59 Å². The lowest BCUT2D eigenvalue weighted by molar-refractivity contribution is -0.119. The molecule has 8 nitrogen and oxygen atoms in total. The molecule has 0 fully saturated rings. The Morgan fingerprint density at radius 1 is 0.806 bits per heavy atom. The lowest BCUT2D eigenvalue weighted by Gasteiger charge is -2.11. The van der Waals surface area contributed by atoms with Gasteiger partial charge in [0, 0.05) is 28.7 Å². The topological polar surface area (TPSA) is 112 Å². The summed E-state index contributed by atoms with van der Waals surface area (Å²) in [7, 11) is 0. The number of hydrogen-bond acceptors (Lipinski definition) is 5. The molecule has 1 heterocycles. The average Bonchev–Trinajstić information content (AvgIpc) is 3.28. The Kier molecular flexibility index (Phi) is 7.05. The van der Waals surface area contributed by atoms with E-state index in [0.717, 1.165) is 0 Å². The number of amides is 3. The van der Waals surface area contributed by atoms with E-state index in [4.69, 9.17) is 4.42 Å². The molecule has 160 valence electrons. The van der Waals surface area contributed by atoms with Crippen LogP contribution in [0, 0.1) is 5.92 Å². The highest BCUT2D eigenvalue weighted by atomic mass is 16.3. The van der Waals surface area contributed by atoms with Gasteiger partial charge in [-0.1, -0.05) is 26.0 Å². The van der Waals surface area contributed by atoms with Crippen molar-refractivity contribution in [1.82, 2.24) is 0 Å². The number of benzene rings is 2. The Bertz CT molecular complexity index is 1060. The summed E-state index contributed by atoms with van der Waals surface area (Å²) in [6.45, 7) is 3.65. The number of carbonyl (C=O) groups is 3. The molecule has 0 bridgehead atoms. The predicted octanol–water partition coefficient (Wildman–Crippen LogP) is 4.18. The molecular weight excluding hydrogens is 396 g/mol. The molecule has 3 rings (SSSR count). The van der Waals surface area contributed by atoms with Crippen molar-refractivity contribution >= 4 is 40.5 Å². The van der Waals surface area contributed by atoms with Crippen LogP contribution in [0.4, 0.5) is 22.7 Å². The molecule has 0 spiro atoms. The highest BCUT2D eigenvalue weighted by Crippen LogP contribution is 2.18. The molecule has 8 heteroatoms. The Labute approximate surface area is 180 Å². The van der Waals surface area contributed by atoms with Gasteiger partial charge in [0.15, 0.2) is 5.76 Å². The smallest absolute Gasteiger partial charge is 0.291 e. The summed E-state index contributed by atoms with van der Waals surface area (Å²) in [6.07, 6.45) is 1.43. The number of anilines is 4. The molecular formula is C23H24N4O4. The van der Waals surface area contributed by atoms with Crippen molar-refractivity contribution in [2.45, 2.75) is 13.8 Å². The van der Waals surface area contributed by atoms with Crippen LogP contribution in [0.25, 0.3) is 0 Å². The van der Waals surface area contributed by atoms with Crippen LogP contribution >= 0.6 is 0 Å². The Balaban J connectivity index is 1.53. The van der Waals surface area contributed by atoms with E-state index in [-0.39, 0.29) is 35.9 Å². The number of hydrogen-bond donors (Lipinski definition) is 4. The monoisotopic (exact) mass is 420 g/mol. The summed E-state index contributed by atoms with van der Waals surface area (Å²) in [5, 5.41) is 11.3. The van der Waals surface area contributed by atoms with Gasteiger partial charge in [0.05, 0.1) is 12.8 Å². The third-order valence-corrected chi connectivity index (χ3v) is 4.26. The summed E-state index contributed by atoms with van der Waals surface area (Å²) in [6, 6.07) is 17.2. The molecule has 3 amide bonds. The van der Waals surface area contributed by atoms with Gasteiger partial charge in [0.25, 0.3) is 5.91 Å². The first-order valence-corrected chi connectivity index (χ1v) is 9.80. The minimum Gasteiger partial charge on any atom is -0.459 e. The largest absolute Gasteiger partial charge is 0.459 e. The zero-order valence-corrected chi connectivity index (χ0v) is 17.3. The Morgan fingerprint density at radius 2 is 1.42 bits per heavy atom. The molecule has 2 aromatic carbocycles. The van der Waals surface area contributed by atoms with Crippen LogP contribution in [-0.4, -0.2) is 24.3 Å². The van der Waals surface area contributed by atoms with Crippen LogP contribution in [0.3, 0.4) is 0 Å². The van der Waals surface area contributed by atoms with Crippen LogP contribution in [0.1, 0.15) is 24.4 Å². The fourth-order valence-electron chi connectivity index (χ4n) is 2.66. The van der Waals surface area contributed by atoms with Gasteiger partial charge >= 0.3 is 0 Å². The van der Waals surface area contributed by atoms with Crippen molar-refractivity contribution in [3.63, 3.8) is 0 Å². The number of nitrogens with one attached hydrogen (secondary N) is 4. The summed E-state index contributed by atoms with van der Waals surface area (Å²) in [5.41, 5.74) is 2.43. The molecule has 0 saturated carbocycles. The van der Waals surface area contributed by atoms with E-state index in [0.29, 0.717) is 22.7 Å². The van der Waals surface area contributed by atoms with Crippen molar-refractivity contribution in [1.29, 1.82) is 0 Å². The molecule has 31 heavy (non-hydrogen) atoms. The summed E-state index contributed by atoms with van der Waals surface area (Å²) < 4.78 is 5.07. The highest BCUT2D eigenvalue weighted by molar-refractivity contribution is 6.02. The second-order valence-electron chi connectivity index (χ2n) is 7.14. The second-order valence-corrected chi connectivity index (χ2v) is 7.14. The van der Waals surface area contributed by atoms with E-state index in [1.54, 1.807) is 60.7 Å². The van der Waals surface area contributed by atoms with Gasteiger partial charge in [-0.3, -0.25) is 14.4 Å². The minimum absolute atomic E-state index is 0.0260. The molecule has 0 atom stereocenters. The lowest BCUT2D eigenvalue weighted by atomic mass is 10.2. The molecule has 0 aliphatic rings. The maximum Gasteiger partial charge on any atom is 0.291 e. The van der Waals surface area contributed by atoms with Crippen molar-refractivity contribution in [2.75, 3.05) is 27.8 Å². The molecule has 4 N–H and O–H groups in total. The first-order valence-electron chi connectivity index (χ1n) is 9.80. The predicted molar refractivity (Wildman–Crippen MR) is 120 cm³/mol. The second kappa shape index (κ2) is 10.1. The third kappa shape index (κ3) is 6.46. The van der Waals surface area contributed by atoms with Crippen LogP contribution in [0.5, 0.6) is 0 Å². The maximum atomic E-state index is 12.3. The van der Waals surface area contributed by atoms with Crippen molar-refractivity contribution < 1.29 is 18.8 Å². The molecule has 1 aromatic heterocycles. The molecule has 0 unspecified atom stereocenters. The molecule has 3 aromatic rings. The number of rotatable bonds is 8. The summed E-state index contributed by atoms with van der Waals surface area (Å²) >= 11 is 0. The van der Waals surface area contributed by atoms with Gasteiger partial charge in [0.1, 0.15) is 0 Å². The normalized spacial score (nSPS) is 10.4. The first-order chi connectivity index (χ1) is 14.9. The minimum atomic E-state index is -0.357. The van der Waals surface area contributed by atoms with E-state index in [9.17, 15) is 14.4 Å². The fourth-order valence-corrected chi connectivity index (χ4v) is 2.66. The van der Waals surface area contributed by atoms with E-state index in [2.05, 4.69) is 21.3 Å². The van der Waals surface area contributed by atoms with E-state index < -0.39 is 0 Å². The van der Waals surface area contributed by atoms with Gasteiger partial charge in [-0.25, -0.2) is 0 Å². The van der Waals surface area contributed by atoms with Gasteiger partial charge in [0.2, 0.25) is 11.8 Å².